The van der Waals surface area contributed by atoms with Crippen LogP contribution >= 0.6 is 11.6 Å². The summed E-state index contributed by atoms with van der Waals surface area (Å²) in [5.41, 5.74) is -0.831. The fraction of sp³-hybridized carbons (Fsp3) is 0.653. The number of hydrogen-bond acceptors (Lipinski definition) is 13. The first kappa shape index (κ1) is 81.5. The molecule has 2 bridgehead atoms. The number of carbonyl (C=O) groups is 12. The highest BCUT2D eigenvalue weighted by molar-refractivity contribution is 6.31. The van der Waals surface area contributed by atoms with E-state index in [0.717, 1.165) is 40.3 Å². The van der Waals surface area contributed by atoms with Crippen molar-refractivity contribution in [2.45, 2.75) is 204 Å². The van der Waals surface area contributed by atoms with Gasteiger partial charge in [-0.2, -0.15) is 13.2 Å². The third-order valence-electron chi connectivity index (χ3n) is 22.0. The number of rotatable bonds is 11. The molecular formula is C75H106ClF3N12O13. The molecule has 2 saturated carbocycles. The van der Waals surface area contributed by atoms with Crippen LogP contribution in [0.4, 0.5) is 13.2 Å². The molecule has 4 heterocycles. The molecule has 25 nitrogen and oxygen atoms in total. The van der Waals surface area contributed by atoms with Crippen molar-refractivity contribution < 1.29 is 75.4 Å². The molecule has 0 radical (unpaired) electrons. The van der Waals surface area contributed by atoms with E-state index in [1.165, 1.54) is 82.7 Å². The van der Waals surface area contributed by atoms with E-state index in [4.69, 9.17) is 16.3 Å². The first-order valence-electron chi connectivity index (χ1n) is 36.7. The number of likely N-dealkylation sites (N-methyl/N-ethyl adjacent to an activating group) is 6. The molecule has 4 aliphatic heterocycles. The fourth-order valence-electron chi connectivity index (χ4n) is 15.4. The Bertz CT molecular complexity index is 3510. The zero-order chi connectivity index (χ0) is 76.2. The summed E-state index contributed by atoms with van der Waals surface area (Å²) in [4.78, 5) is 193. The second kappa shape index (κ2) is 35.8. The van der Waals surface area contributed by atoms with Gasteiger partial charge in [-0.15, -0.1) is 0 Å². The maximum Gasteiger partial charge on any atom is 0.417 e. The van der Waals surface area contributed by atoms with Crippen molar-refractivity contribution in [3.8, 4) is 0 Å². The van der Waals surface area contributed by atoms with E-state index < -0.39 is 173 Å². The molecule has 2 aliphatic carbocycles. The van der Waals surface area contributed by atoms with Crippen molar-refractivity contribution >= 4 is 82.5 Å². The van der Waals surface area contributed by atoms with Crippen LogP contribution in [0.1, 0.15) is 146 Å². The number of alkyl halides is 3. The minimum atomic E-state index is -4.77. The van der Waals surface area contributed by atoms with Crippen LogP contribution in [-0.2, 0) is 81.3 Å². The number of fused-ring (bicyclic) bond motifs is 3. The summed E-state index contributed by atoms with van der Waals surface area (Å²) in [6, 6.07) is 0.111. The van der Waals surface area contributed by atoms with Gasteiger partial charge in [-0.3, -0.25) is 57.5 Å². The predicted molar refractivity (Wildman–Crippen MR) is 381 cm³/mol. The number of nitrogens with zero attached hydrogens (tertiary/aromatic N) is 9. The summed E-state index contributed by atoms with van der Waals surface area (Å²) < 4.78 is 47.4. The molecule has 104 heavy (non-hydrogen) atoms. The Morgan fingerprint density at radius 1 is 0.663 bits per heavy atom. The molecule has 29 heteroatoms. The number of carbonyl (C=O) groups excluding carboxylic acids is 12. The SMILES string of the molecule is CC[C@H](C)[C@@H]1NC(=O)[C@H](CC(C)C)N(C)C(=O)C[C@@H](C(=O)N2CCOCC2)N(C)C(=O)[C@H](C2CCCC2)N(C)C(=O)C2(CCCC2)NC(=O)[C@@H]2CCCN2C(=O)[C@H](CCc2ccc(C(F)(F)F)c(Cl)c2)NC(=O)CN(C)C(=O)[C@H](Cc2ccc(C)cc2)N2CC=CC[C@@H](C2=O)N(C)C(=O)CN(C)C1=O. The Kier molecular flexibility index (Phi) is 28.0. The standard InChI is InChI=1S/C75H106ClF3N12O13/c1-12-48(5)63-71(101)84(7)45-62(94)85(8)56-22-15-18-34-91(70(56)100)59(42-50-26-24-47(4)25-27-50)68(98)83(6)44-60(92)80-54(31-29-49-28-30-52(53(76)41-49)75(77,78)79)67(97)90-35-19-23-55(90)66(96)82-74(32-16-17-33-74)73(103)88(11)64(51-20-13-14-21-51)72(102)87(10)58(69(99)89-36-38-104-39-37-89)43-61(93)86(9)57(40-46(2)3)65(95)81-63/h15,18,24-28,30,41,46,48,51,54-59,63-64H,12-14,16-17,19-23,29,31-40,42-45H2,1-11H3,(H,80,92)(H,81,95)(H,82,96)/t48-,54-,55-,56-,57-,58-,59-,63-,64-/m0/s1. The molecule has 8 rings (SSSR count). The van der Waals surface area contributed by atoms with Crippen LogP contribution in [0.5, 0.6) is 0 Å². The quantitative estimate of drug-likeness (QED) is 0.246. The van der Waals surface area contributed by atoms with Gasteiger partial charge in [0.1, 0.15) is 53.9 Å². The van der Waals surface area contributed by atoms with Crippen molar-refractivity contribution in [2.24, 2.45) is 17.8 Å². The number of morpholine rings is 1. The zero-order valence-corrected chi connectivity index (χ0v) is 62.8. The van der Waals surface area contributed by atoms with Crippen LogP contribution in [0, 0.1) is 24.7 Å². The Labute approximate surface area is 613 Å². The molecular weight excluding hydrogens is 1370 g/mol. The van der Waals surface area contributed by atoms with Crippen molar-refractivity contribution in [1.29, 1.82) is 0 Å². The van der Waals surface area contributed by atoms with E-state index in [0.29, 0.717) is 44.1 Å². The molecule has 2 aromatic carbocycles. The molecule has 3 saturated heterocycles. The van der Waals surface area contributed by atoms with Crippen LogP contribution in [0.15, 0.2) is 54.6 Å². The van der Waals surface area contributed by atoms with Crippen molar-refractivity contribution in [2.75, 3.05) is 94.8 Å². The molecule has 572 valence electrons. The lowest BCUT2D eigenvalue weighted by Crippen LogP contribution is -2.65. The van der Waals surface area contributed by atoms with Crippen molar-refractivity contribution in [3.05, 3.63) is 81.9 Å². The average molecular weight is 1480 g/mol. The number of aryl methyl sites for hydroxylation is 2. The van der Waals surface area contributed by atoms with Crippen molar-refractivity contribution in [1.82, 2.24) is 60.0 Å². The summed E-state index contributed by atoms with van der Waals surface area (Å²) in [6.07, 6.45) is 2.38. The lowest BCUT2D eigenvalue weighted by Gasteiger charge is -2.42. The van der Waals surface area contributed by atoms with Crippen molar-refractivity contribution in [3.63, 3.8) is 0 Å². The molecule has 0 unspecified atom stereocenters. The van der Waals surface area contributed by atoms with Gasteiger partial charge >= 0.3 is 6.18 Å². The number of ether oxygens (including phenoxy) is 1. The average Bonchev–Trinajstić information content (AvgIpc) is 1.46. The molecule has 9 atom stereocenters. The van der Waals surface area contributed by atoms with E-state index >= 15 is 38.4 Å². The second-order valence-corrected chi connectivity index (χ2v) is 30.2. The molecule has 1 spiro atoms. The monoisotopic (exact) mass is 1470 g/mol. The van der Waals surface area contributed by atoms with E-state index in [1.54, 1.807) is 31.2 Å². The fourth-order valence-corrected chi connectivity index (χ4v) is 15.8. The van der Waals surface area contributed by atoms with Gasteiger partial charge in [0.05, 0.1) is 43.3 Å². The van der Waals surface area contributed by atoms with Gasteiger partial charge in [0.25, 0.3) is 0 Å². The minimum absolute atomic E-state index is 0.00756. The summed E-state index contributed by atoms with van der Waals surface area (Å²) in [5.74, 6) is -9.21. The van der Waals surface area contributed by atoms with Gasteiger partial charge in [-0.25, -0.2) is 0 Å². The third-order valence-corrected chi connectivity index (χ3v) is 22.3. The van der Waals surface area contributed by atoms with Crippen LogP contribution in [0.2, 0.25) is 5.02 Å². The van der Waals surface area contributed by atoms with Gasteiger partial charge in [0.15, 0.2) is 0 Å². The highest BCUT2D eigenvalue weighted by atomic mass is 35.5. The van der Waals surface area contributed by atoms with E-state index in [9.17, 15) is 32.3 Å². The number of halogens is 4. The van der Waals surface area contributed by atoms with E-state index in [2.05, 4.69) is 16.0 Å². The largest absolute Gasteiger partial charge is 0.417 e. The van der Waals surface area contributed by atoms with Crippen LogP contribution < -0.4 is 16.0 Å². The second-order valence-electron chi connectivity index (χ2n) is 29.8. The van der Waals surface area contributed by atoms with Gasteiger partial charge in [-0.05, 0) is 112 Å². The van der Waals surface area contributed by atoms with Crippen LogP contribution in [0.3, 0.4) is 0 Å². The highest BCUT2D eigenvalue weighted by Crippen LogP contribution is 2.39. The predicted octanol–water partition coefficient (Wildman–Crippen LogP) is 5.16. The first-order valence-corrected chi connectivity index (χ1v) is 37.1. The summed E-state index contributed by atoms with van der Waals surface area (Å²) >= 11 is 6.18. The zero-order valence-electron chi connectivity index (χ0n) is 62.1. The number of nitrogens with one attached hydrogen (secondary N) is 3. The van der Waals surface area contributed by atoms with Gasteiger partial charge in [-0.1, -0.05) is 119 Å². The topological polar surface area (TPSA) is 279 Å². The molecule has 12 amide bonds. The third kappa shape index (κ3) is 19.5. The Hall–Kier alpha value is -8.14. The smallest absolute Gasteiger partial charge is 0.378 e. The minimum Gasteiger partial charge on any atom is -0.378 e. The van der Waals surface area contributed by atoms with Gasteiger partial charge < -0.3 is 64.8 Å². The van der Waals surface area contributed by atoms with Crippen LogP contribution in [0.25, 0.3) is 0 Å². The number of amides is 12. The number of benzene rings is 2. The van der Waals surface area contributed by atoms with Crippen LogP contribution in [-0.4, -0.2) is 264 Å². The maximum absolute atomic E-state index is 15.7. The number of hydrogen-bond donors (Lipinski definition) is 3. The molecule has 0 aromatic heterocycles. The van der Waals surface area contributed by atoms with Gasteiger partial charge in [0, 0.05) is 74.9 Å². The molecule has 3 N–H and O–H groups in total. The molecule has 2 aromatic rings. The lowest BCUT2D eigenvalue weighted by atomic mass is 9.90. The van der Waals surface area contributed by atoms with E-state index in [1.807, 2.05) is 39.8 Å². The normalized spacial score (nSPS) is 26.3. The first-order chi connectivity index (χ1) is 49.2. The molecule has 5 fully saturated rings. The Morgan fingerprint density at radius 3 is 1.93 bits per heavy atom. The molecule has 6 aliphatic rings. The Balaban J connectivity index is 1.20. The maximum atomic E-state index is 15.7. The Morgan fingerprint density at radius 2 is 1.31 bits per heavy atom. The summed E-state index contributed by atoms with van der Waals surface area (Å²) in [7, 11) is 8.49. The summed E-state index contributed by atoms with van der Waals surface area (Å²) in [6.45, 7) is 8.52. The van der Waals surface area contributed by atoms with E-state index in [-0.39, 0.29) is 102 Å². The lowest BCUT2D eigenvalue weighted by molar-refractivity contribution is -0.157. The summed E-state index contributed by atoms with van der Waals surface area (Å²) in [5, 5.41) is 8.16. The van der Waals surface area contributed by atoms with Gasteiger partial charge in [0.2, 0.25) is 70.9 Å². The highest BCUT2D eigenvalue weighted by Gasteiger charge is 2.52.